The lowest BCUT2D eigenvalue weighted by Crippen LogP contribution is -2.31. The van der Waals surface area contributed by atoms with Crippen LogP contribution in [0.5, 0.6) is 0 Å². The molecule has 7 heteroatoms. The second-order valence-corrected chi connectivity index (χ2v) is 5.96. The lowest BCUT2D eigenvalue weighted by atomic mass is 10.1. The molecule has 1 aromatic heterocycles. The second-order valence-electron chi connectivity index (χ2n) is 5.96. The summed E-state index contributed by atoms with van der Waals surface area (Å²) in [5.74, 6) is 1.14. The van der Waals surface area contributed by atoms with Crippen molar-refractivity contribution in [3.8, 4) is 0 Å². The van der Waals surface area contributed by atoms with Gasteiger partial charge in [0.15, 0.2) is 0 Å². The molecule has 1 atom stereocenters. The number of aromatic nitrogens is 1. The van der Waals surface area contributed by atoms with Crippen LogP contribution < -0.4 is 15.5 Å². The smallest absolute Gasteiger partial charge is 0.224 e. The fraction of sp³-hybridized carbons (Fsp3) is 0.412. The van der Waals surface area contributed by atoms with Crippen LogP contribution in [0.2, 0.25) is 0 Å². The maximum atomic E-state index is 12.2. The molecule has 1 amide bonds. The lowest BCUT2D eigenvalue weighted by Gasteiger charge is -2.16. The average molecular weight is 371 g/mol. The zero-order valence-corrected chi connectivity index (χ0v) is 15.5. The van der Waals surface area contributed by atoms with Gasteiger partial charge < -0.3 is 15.5 Å². The normalized spacial score (nSPS) is 16.2. The molecule has 132 valence electrons. The predicted octanol–water partition coefficient (Wildman–Crippen LogP) is 2.37. The second kappa shape index (κ2) is 9.06. The first-order valence-electron chi connectivity index (χ1n) is 7.69. The van der Waals surface area contributed by atoms with Crippen molar-refractivity contribution < 1.29 is 4.79 Å². The molecule has 2 aromatic rings. The van der Waals surface area contributed by atoms with E-state index in [1.165, 1.54) is 0 Å². The molecule has 1 aromatic carbocycles. The fourth-order valence-corrected chi connectivity index (χ4v) is 2.81. The van der Waals surface area contributed by atoms with Crippen molar-refractivity contribution in [2.75, 3.05) is 32.1 Å². The number of nitrogens with zero attached hydrogens (tertiary/aromatic N) is 2. The molecule has 2 N–H and O–H groups in total. The predicted molar refractivity (Wildman–Crippen MR) is 103 cm³/mol. The number of carbonyl (C=O) groups is 1. The summed E-state index contributed by atoms with van der Waals surface area (Å²) in [6, 6.07) is 10.1. The van der Waals surface area contributed by atoms with Gasteiger partial charge in [0, 0.05) is 32.6 Å². The summed E-state index contributed by atoms with van der Waals surface area (Å²) in [6.07, 6.45) is 0.922. The number of amides is 1. The van der Waals surface area contributed by atoms with Gasteiger partial charge >= 0.3 is 0 Å². The number of hydrogen-bond donors (Lipinski definition) is 2. The number of para-hydroxylation sites is 1. The first-order valence-corrected chi connectivity index (χ1v) is 7.69. The molecule has 0 spiro atoms. The first-order chi connectivity index (χ1) is 10.6. The van der Waals surface area contributed by atoms with Crippen LogP contribution in [0.15, 0.2) is 30.3 Å². The summed E-state index contributed by atoms with van der Waals surface area (Å²) in [6.45, 7) is 2.26. The van der Waals surface area contributed by atoms with Crippen molar-refractivity contribution in [3.05, 3.63) is 35.9 Å². The van der Waals surface area contributed by atoms with E-state index in [9.17, 15) is 4.79 Å². The summed E-state index contributed by atoms with van der Waals surface area (Å²) in [4.78, 5) is 18.8. The summed E-state index contributed by atoms with van der Waals surface area (Å²) in [7, 11) is 3.95. The van der Waals surface area contributed by atoms with E-state index in [0.717, 1.165) is 41.8 Å². The summed E-state index contributed by atoms with van der Waals surface area (Å²) < 4.78 is 0. The number of benzene rings is 1. The lowest BCUT2D eigenvalue weighted by molar-refractivity contribution is -0.124. The quantitative estimate of drug-likeness (QED) is 0.867. The molecule has 5 nitrogen and oxygen atoms in total. The van der Waals surface area contributed by atoms with E-state index >= 15 is 0 Å². The van der Waals surface area contributed by atoms with Gasteiger partial charge in [0.2, 0.25) is 5.91 Å². The number of carbonyl (C=O) groups excluding carboxylic acids is 1. The van der Waals surface area contributed by atoms with Gasteiger partial charge in [-0.1, -0.05) is 18.2 Å². The molecule has 1 unspecified atom stereocenters. The van der Waals surface area contributed by atoms with Crippen molar-refractivity contribution in [3.63, 3.8) is 0 Å². The largest absolute Gasteiger partial charge is 0.363 e. The Labute approximate surface area is 155 Å². The van der Waals surface area contributed by atoms with Gasteiger partial charge in [0.05, 0.1) is 11.4 Å². The van der Waals surface area contributed by atoms with Gasteiger partial charge in [-0.15, -0.1) is 24.8 Å². The van der Waals surface area contributed by atoms with Crippen LogP contribution >= 0.6 is 24.8 Å². The Morgan fingerprint density at radius 1 is 1.33 bits per heavy atom. The van der Waals surface area contributed by atoms with E-state index in [-0.39, 0.29) is 36.6 Å². The summed E-state index contributed by atoms with van der Waals surface area (Å²) in [5.41, 5.74) is 2.06. The third-order valence-corrected chi connectivity index (χ3v) is 4.13. The van der Waals surface area contributed by atoms with Crippen LogP contribution in [0.25, 0.3) is 10.9 Å². The number of hydrogen-bond acceptors (Lipinski definition) is 4. The Morgan fingerprint density at radius 2 is 2.08 bits per heavy atom. The zero-order valence-electron chi connectivity index (χ0n) is 13.9. The van der Waals surface area contributed by atoms with E-state index in [1.54, 1.807) is 0 Å². The standard InChI is InChI=1S/C17H22N4O.2ClH/c1-21(2)16-9-13(14-5-3-4-6-15(14)20-16)11-19-17(22)12-7-8-18-10-12;;/h3-6,9,12,18H,7-8,10-11H2,1-2H3,(H,19,22);2*1H. The van der Waals surface area contributed by atoms with E-state index in [0.29, 0.717) is 6.54 Å². The van der Waals surface area contributed by atoms with E-state index < -0.39 is 0 Å². The number of nitrogens with one attached hydrogen (secondary N) is 2. The van der Waals surface area contributed by atoms with Crippen molar-refractivity contribution in [2.45, 2.75) is 13.0 Å². The molecule has 1 aliphatic heterocycles. The summed E-state index contributed by atoms with van der Waals surface area (Å²) >= 11 is 0. The highest BCUT2D eigenvalue weighted by molar-refractivity contribution is 5.86. The van der Waals surface area contributed by atoms with Gasteiger partial charge in [-0.3, -0.25) is 4.79 Å². The Kier molecular flexibility index (Phi) is 7.73. The fourth-order valence-electron chi connectivity index (χ4n) is 2.81. The van der Waals surface area contributed by atoms with Gasteiger partial charge in [-0.05, 0) is 30.7 Å². The number of fused-ring (bicyclic) bond motifs is 1. The topological polar surface area (TPSA) is 57.3 Å². The van der Waals surface area contributed by atoms with Crippen molar-refractivity contribution in [1.82, 2.24) is 15.6 Å². The minimum Gasteiger partial charge on any atom is -0.363 e. The number of rotatable bonds is 4. The van der Waals surface area contributed by atoms with E-state index in [1.807, 2.05) is 37.2 Å². The highest BCUT2D eigenvalue weighted by Gasteiger charge is 2.22. The van der Waals surface area contributed by atoms with Gasteiger partial charge in [-0.2, -0.15) is 0 Å². The Bertz CT molecular complexity index is 687. The maximum Gasteiger partial charge on any atom is 0.224 e. The van der Waals surface area contributed by atoms with Gasteiger partial charge in [0.25, 0.3) is 0 Å². The SMILES string of the molecule is CN(C)c1cc(CNC(=O)C2CCNC2)c2ccccc2n1.Cl.Cl. The van der Waals surface area contributed by atoms with Crippen LogP contribution in [0.4, 0.5) is 5.82 Å². The Morgan fingerprint density at radius 3 is 2.75 bits per heavy atom. The molecule has 1 fully saturated rings. The molecule has 2 heterocycles. The third-order valence-electron chi connectivity index (χ3n) is 4.13. The monoisotopic (exact) mass is 370 g/mol. The minimum atomic E-state index is 0. The van der Waals surface area contributed by atoms with Crippen molar-refractivity contribution in [2.24, 2.45) is 5.92 Å². The molecule has 1 aliphatic rings. The Balaban J connectivity index is 0.00000144. The van der Waals surface area contributed by atoms with E-state index in [4.69, 9.17) is 0 Å². The summed E-state index contributed by atoms with van der Waals surface area (Å²) in [5, 5.41) is 7.40. The molecular formula is C17H24Cl2N4O. The van der Waals surface area contributed by atoms with Crippen molar-refractivity contribution in [1.29, 1.82) is 0 Å². The molecule has 1 saturated heterocycles. The molecule has 0 saturated carbocycles. The molecule has 24 heavy (non-hydrogen) atoms. The van der Waals surface area contributed by atoms with Crippen molar-refractivity contribution >= 4 is 47.4 Å². The number of halogens is 2. The van der Waals surface area contributed by atoms with Crippen LogP contribution in [-0.2, 0) is 11.3 Å². The first kappa shape index (κ1) is 20.5. The molecule has 0 bridgehead atoms. The molecule has 3 rings (SSSR count). The van der Waals surface area contributed by atoms with Crippen LogP contribution in [0.3, 0.4) is 0 Å². The number of anilines is 1. The molecule has 0 radical (unpaired) electrons. The van der Waals surface area contributed by atoms with Crippen LogP contribution in [0, 0.1) is 5.92 Å². The van der Waals surface area contributed by atoms with Gasteiger partial charge in [-0.25, -0.2) is 4.98 Å². The van der Waals surface area contributed by atoms with E-state index in [2.05, 4.69) is 27.8 Å². The zero-order chi connectivity index (χ0) is 15.5. The highest BCUT2D eigenvalue weighted by Crippen LogP contribution is 2.22. The molecular weight excluding hydrogens is 347 g/mol. The maximum absolute atomic E-state index is 12.2. The number of pyridine rings is 1. The highest BCUT2D eigenvalue weighted by atomic mass is 35.5. The molecule has 0 aliphatic carbocycles. The average Bonchev–Trinajstić information content (AvgIpc) is 3.06. The van der Waals surface area contributed by atoms with Crippen LogP contribution in [0.1, 0.15) is 12.0 Å². The minimum absolute atomic E-state index is 0. The van der Waals surface area contributed by atoms with Gasteiger partial charge in [0.1, 0.15) is 5.82 Å². The Hall–Kier alpha value is -1.56. The van der Waals surface area contributed by atoms with Crippen LogP contribution in [-0.4, -0.2) is 38.1 Å². The third kappa shape index (κ3) is 4.50.